The van der Waals surface area contributed by atoms with E-state index in [2.05, 4.69) is 4.98 Å². The molecule has 0 fully saturated rings. The van der Waals surface area contributed by atoms with Gasteiger partial charge in [-0.2, -0.15) is 0 Å². The van der Waals surface area contributed by atoms with E-state index in [0.717, 1.165) is 21.6 Å². The van der Waals surface area contributed by atoms with Crippen LogP contribution in [0.1, 0.15) is 16.1 Å². The first-order valence-electron chi connectivity index (χ1n) is 13.3. The molecule has 0 amide bonds. The summed E-state index contributed by atoms with van der Waals surface area (Å²) in [7, 11) is 0. The normalized spacial score (nSPS) is 10.6. The Labute approximate surface area is 276 Å². The average molecular weight is 649 g/mol. The summed E-state index contributed by atoms with van der Waals surface area (Å²) in [5, 5.41) is 47.0. The van der Waals surface area contributed by atoms with E-state index in [-0.39, 0.29) is 72.2 Å². The van der Waals surface area contributed by atoms with Gasteiger partial charge >= 0.3 is 48.7 Å². The Morgan fingerprint density at radius 1 is 0.723 bits per heavy atom. The van der Waals surface area contributed by atoms with Crippen molar-refractivity contribution in [1.82, 2.24) is 4.98 Å². The number of fused-ring (bicyclic) bond motifs is 1. The van der Waals surface area contributed by atoms with Crippen molar-refractivity contribution in [3.63, 3.8) is 0 Å². The number of aromatic carboxylic acids is 1. The van der Waals surface area contributed by atoms with Crippen LogP contribution in [0.4, 0.5) is 11.4 Å². The Morgan fingerprint density at radius 2 is 1.26 bits per heavy atom. The number of carboxylic acid groups (broad SMARTS) is 5. The van der Waals surface area contributed by atoms with Gasteiger partial charge in [0.05, 0.1) is 17.6 Å². The van der Waals surface area contributed by atoms with E-state index in [0.29, 0.717) is 5.39 Å². The summed E-state index contributed by atoms with van der Waals surface area (Å²) in [6.45, 7) is -1.20. The van der Waals surface area contributed by atoms with E-state index in [9.17, 15) is 44.4 Å². The molecule has 0 spiro atoms. The molecule has 0 bridgehead atoms. The van der Waals surface area contributed by atoms with Crippen LogP contribution in [0.25, 0.3) is 22.6 Å². The van der Waals surface area contributed by atoms with E-state index >= 15 is 0 Å². The number of carboxylic acids is 5. The number of aromatic nitrogens is 1. The summed E-state index contributed by atoms with van der Waals surface area (Å²) in [6.07, 6.45) is 0.995. The first-order valence-corrected chi connectivity index (χ1v) is 13.3. The number of rotatable bonds is 17. The second-order valence-electron chi connectivity index (χ2n) is 9.76. The van der Waals surface area contributed by atoms with Crippen molar-refractivity contribution in [3.8, 4) is 23.1 Å². The molecular formula is C29H28LiN3O14. The molecule has 18 heteroatoms. The third kappa shape index (κ3) is 9.42. The molecule has 0 aliphatic carbocycles. The molecule has 0 saturated carbocycles. The predicted octanol–water partition coefficient (Wildman–Crippen LogP) is 1.85. The fourth-order valence-corrected chi connectivity index (χ4v) is 4.42. The van der Waals surface area contributed by atoms with Crippen LogP contribution < -0.4 is 19.3 Å². The molecule has 17 nitrogen and oxygen atoms in total. The molecule has 4 aromatic rings. The quantitative estimate of drug-likeness (QED) is 0.0808. The molecule has 0 aliphatic heterocycles. The zero-order valence-corrected chi connectivity index (χ0v) is 24.0. The van der Waals surface area contributed by atoms with Crippen molar-refractivity contribution >= 4 is 71.1 Å². The van der Waals surface area contributed by atoms with Crippen LogP contribution in [0.2, 0.25) is 0 Å². The first-order chi connectivity index (χ1) is 21.8. The van der Waals surface area contributed by atoms with Gasteiger partial charge < -0.3 is 53.6 Å². The molecule has 2 aromatic heterocycles. The van der Waals surface area contributed by atoms with Crippen LogP contribution in [0.5, 0.6) is 11.5 Å². The summed E-state index contributed by atoms with van der Waals surface area (Å²) in [4.78, 5) is 63.1. The maximum absolute atomic E-state index is 11.6. The van der Waals surface area contributed by atoms with Gasteiger partial charge in [-0.25, -0.2) is 9.78 Å². The van der Waals surface area contributed by atoms with Gasteiger partial charge in [-0.3, -0.25) is 19.2 Å². The molecule has 2 heterocycles. The van der Waals surface area contributed by atoms with Crippen LogP contribution in [-0.4, -0.2) is 119 Å². The Kier molecular flexibility index (Phi) is 11.9. The number of hydrogen-bond donors (Lipinski definition) is 5. The summed E-state index contributed by atoms with van der Waals surface area (Å²) < 4.78 is 22.7. The van der Waals surface area contributed by atoms with Gasteiger partial charge in [-0.15, -0.1) is 0 Å². The fourth-order valence-electron chi connectivity index (χ4n) is 4.42. The van der Waals surface area contributed by atoms with E-state index < -0.39 is 61.8 Å². The molecule has 0 saturated heterocycles. The number of nitrogens with zero attached hydrogens (tertiary/aromatic N) is 3. The third-order valence-corrected chi connectivity index (χ3v) is 6.22. The zero-order valence-electron chi connectivity index (χ0n) is 24.0. The van der Waals surface area contributed by atoms with Crippen molar-refractivity contribution in [2.75, 3.05) is 49.2 Å². The Balaban J connectivity index is 0.00000600. The van der Waals surface area contributed by atoms with Crippen molar-refractivity contribution in [1.29, 1.82) is 0 Å². The maximum atomic E-state index is 11.6. The number of oxazole rings is 1. The summed E-state index contributed by atoms with van der Waals surface area (Å²) >= 11 is 0. The van der Waals surface area contributed by atoms with Crippen molar-refractivity contribution in [2.45, 2.75) is 6.92 Å². The SMILES string of the molecule is Cc1ccc(N(CC(=O)O)CC(=O)O)c(OCCOc2cc3cc(-c4ncc(C(=O)O)o4)oc3cc2N(CC(=O)O)CC(=O)O)c1.[LiH]. The third-order valence-electron chi connectivity index (χ3n) is 6.22. The van der Waals surface area contributed by atoms with Gasteiger partial charge in [0.15, 0.2) is 5.76 Å². The van der Waals surface area contributed by atoms with Gasteiger partial charge in [-0.05, 0) is 36.8 Å². The number of aryl methyl sites for hydroxylation is 1. The summed E-state index contributed by atoms with van der Waals surface area (Å²) in [5.41, 5.74) is 1.16. The summed E-state index contributed by atoms with van der Waals surface area (Å²) in [5.74, 6) is -6.80. The molecule has 0 unspecified atom stereocenters. The number of benzene rings is 2. The van der Waals surface area contributed by atoms with Crippen LogP contribution in [0.15, 0.2) is 51.4 Å². The molecule has 4 rings (SSSR count). The van der Waals surface area contributed by atoms with E-state index in [1.807, 2.05) is 0 Å². The molecule has 0 atom stereocenters. The molecule has 47 heavy (non-hydrogen) atoms. The van der Waals surface area contributed by atoms with Crippen LogP contribution in [-0.2, 0) is 19.2 Å². The standard InChI is InChI=1S/C29H27N3O14.Li.H/c1-15-2-3-17(31(11-24(33)34)12-25(35)36)20(6-15)43-4-5-44-21-7-16-8-22(28-30-10-23(46-28)29(41)42)45-19(16)9-18(21)32(13-26(37)38)14-27(39)40;;/h2-3,6-10H,4-5,11-14H2,1H3,(H,33,34)(H,35,36)(H,37,38)(H,39,40)(H,41,42);;. The molecule has 0 radical (unpaired) electrons. The summed E-state index contributed by atoms with van der Waals surface area (Å²) in [6, 6.07) is 9.07. The Morgan fingerprint density at radius 3 is 1.77 bits per heavy atom. The van der Waals surface area contributed by atoms with Crippen molar-refractivity contribution < 1.29 is 67.8 Å². The van der Waals surface area contributed by atoms with E-state index in [4.69, 9.17) is 23.4 Å². The molecule has 244 valence electrons. The number of ether oxygens (including phenoxy) is 2. The first kappa shape index (κ1) is 35.8. The molecule has 5 N–H and O–H groups in total. The second-order valence-corrected chi connectivity index (χ2v) is 9.76. The van der Waals surface area contributed by atoms with Crippen LogP contribution in [0.3, 0.4) is 0 Å². The number of furan rings is 1. The number of hydrogen-bond acceptors (Lipinski definition) is 12. The predicted molar refractivity (Wildman–Crippen MR) is 163 cm³/mol. The molecular weight excluding hydrogens is 621 g/mol. The van der Waals surface area contributed by atoms with Crippen molar-refractivity contribution in [2.24, 2.45) is 0 Å². The monoisotopic (exact) mass is 649 g/mol. The second kappa shape index (κ2) is 15.6. The van der Waals surface area contributed by atoms with E-state index in [1.54, 1.807) is 19.1 Å². The number of aliphatic carboxylic acids is 4. The fraction of sp³-hybridized carbons (Fsp3) is 0.241. The minimum atomic E-state index is -1.35. The zero-order chi connectivity index (χ0) is 33.5. The minimum absolute atomic E-state index is 0. The molecule has 0 aliphatic rings. The van der Waals surface area contributed by atoms with Gasteiger partial charge in [0.2, 0.25) is 5.76 Å². The average Bonchev–Trinajstić information content (AvgIpc) is 3.61. The van der Waals surface area contributed by atoms with Gasteiger partial charge in [-0.1, -0.05) is 6.07 Å². The number of anilines is 2. The number of carbonyl (C=O) groups is 5. The Hall–Kier alpha value is -5.66. The van der Waals surface area contributed by atoms with E-state index in [1.165, 1.54) is 24.3 Å². The van der Waals surface area contributed by atoms with Crippen LogP contribution >= 0.6 is 0 Å². The van der Waals surface area contributed by atoms with Gasteiger partial charge in [0, 0.05) is 11.5 Å². The van der Waals surface area contributed by atoms with Gasteiger partial charge in [0.1, 0.15) is 56.5 Å². The molecule has 2 aromatic carbocycles. The van der Waals surface area contributed by atoms with Crippen molar-refractivity contribution in [3.05, 3.63) is 53.9 Å². The topological polar surface area (TPSA) is 251 Å². The van der Waals surface area contributed by atoms with Crippen LogP contribution in [0, 0.1) is 6.92 Å². The Bertz CT molecular complexity index is 1770. The van der Waals surface area contributed by atoms with Gasteiger partial charge in [0.25, 0.3) is 5.89 Å².